The van der Waals surface area contributed by atoms with E-state index in [9.17, 15) is 13.2 Å². The van der Waals surface area contributed by atoms with E-state index in [-0.39, 0.29) is 10.8 Å². The predicted molar refractivity (Wildman–Crippen MR) is 127 cm³/mol. The Labute approximate surface area is 191 Å². The second-order valence-corrected chi connectivity index (χ2v) is 9.44. The fourth-order valence-electron chi connectivity index (χ4n) is 2.72. The molecule has 0 radical (unpaired) electrons. The summed E-state index contributed by atoms with van der Waals surface area (Å²) in [5.41, 5.74) is 3.68. The van der Waals surface area contributed by atoms with Crippen LogP contribution in [0.15, 0.2) is 71.6 Å². The molecule has 31 heavy (non-hydrogen) atoms. The Kier molecular flexibility index (Phi) is 7.05. The summed E-state index contributed by atoms with van der Waals surface area (Å²) in [5, 5.41) is 3.62. The lowest BCUT2D eigenvalue weighted by atomic mass is 10.1. The minimum Gasteiger partial charge on any atom is -0.323 e. The van der Waals surface area contributed by atoms with Crippen LogP contribution in [0.3, 0.4) is 0 Å². The molecule has 0 heterocycles. The van der Waals surface area contributed by atoms with Gasteiger partial charge >= 0.3 is 0 Å². The molecule has 0 unspecified atom stereocenters. The Hall–Kier alpha value is -2.80. The van der Waals surface area contributed by atoms with Gasteiger partial charge in [-0.15, -0.1) is 0 Å². The molecule has 0 aliphatic heterocycles. The van der Waals surface area contributed by atoms with Crippen molar-refractivity contribution in [2.75, 3.05) is 10.0 Å². The lowest BCUT2D eigenvalue weighted by molar-refractivity contribution is -0.111. The molecule has 1 amide bonds. The number of nitrogens with one attached hydrogen (secondary N) is 2. The third kappa shape index (κ3) is 6.10. The Morgan fingerprint density at radius 2 is 1.55 bits per heavy atom. The van der Waals surface area contributed by atoms with Crippen molar-refractivity contribution in [2.45, 2.75) is 18.7 Å². The van der Waals surface area contributed by atoms with Gasteiger partial charge in [0.2, 0.25) is 5.91 Å². The topological polar surface area (TPSA) is 75.3 Å². The minimum absolute atomic E-state index is 0.0900. The van der Waals surface area contributed by atoms with Gasteiger partial charge in [0, 0.05) is 27.5 Å². The van der Waals surface area contributed by atoms with Crippen LogP contribution >= 0.6 is 23.2 Å². The number of benzene rings is 3. The van der Waals surface area contributed by atoms with E-state index in [4.69, 9.17) is 23.2 Å². The minimum atomic E-state index is -3.74. The maximum absolute atomic E-state index is 12.6. The van der Waals surface area contributed by atoms with Gasteiger partial charge in [-0.3, -0.25) is 9.52 Å². The smallest absolute Gasteiger partial charge is 0.261 e. The van der Waals surface area contributed by atoms with Gasteiger partial charge in [0.15, 0.2) is 0 Å². The van der Waals surface area contributed by atoms with Crippen molar-refractivity contribution in [1.82, 2.24) is 0 Å². The van der Waals surface area contributed by atoms with E-state index in [2.05, 4.69) is 10.0 Å². The van der Waals surface area contributed by atoms with Crippen LogP contribution in [-0.2, 0) is 14.8 Å². The molecule has 0 saturated carbocycles. The molecule has 0 bridgehead atoms. The highest BCUT2D eigenvalue weighted by atomic mass is 35.5. The van der Waals surface area contributed by atoms with Crippen LogP contribution in [0.4, 0.5) is 11.4 Å². The van der Waals surface area contributed by atoms with Crippen molar-refractivity contribution in [3.63, 3.8) is 0 Å². The van der Waals surface area contributed by atoms with E-state index in [0.717, 1.165) is 11.1 Å². The van der Waals surface area contributed by atoms with Crippen molar-refractivity contribution < 1.29 is 13.2 Å². The van der Waals surface area contributed by atoms with Gasteiger partial charge < -0.3 is 5.32 Å². The van der Waals surface area contributed by atoms with Crippen LogP contribution in [0.5, 0.6) is 0 Å². The molecule has 0 aromatic heterocycles. The molecule has 3 rings (SSSR count). The number of halogens is 2. The van der Waals surface area contributed by atoms with E-state index in [0.29, 0.717) is 27.0 Å². The van der Waals surface area contributed by atoms with Crippen molar-refractivity contribution in [3.8, 4) is 0 Å². The fraction of sp³-hybridized carbons (Fsp3) is 0.0870. The van der Waals surface area contributed by atoms with Crippen molar-refractivity contribution in [2.24, 2.45) is 0 Å². The zero-order valence-corrected chi connectivity index (χ0v) is 19.1. The first-order valence-corrected chi connectivity index (χ1v) is 11.5. The number of carbonyl (C=O) groups is 1. The number of carbonyl (C=O) groups excluding carboxylic acids is 1. The van der Waals surface area contributed by atoms with E-state index in [1.54, 1.807) is 36.4 Å². The highest BCUT2D eigenvalue weighted by Crippen LogP contribution is 2.23. The number of hydrogen-bond donors (Lipinski definition) is 2. The summed E-state index contributed by atoms with van der Waals surface area (Å²) in [4.78, 5) is 12.2. The molecule has 5 nitrogen and oxygen atoms in total. The molecule has 0 saturated heterocycles. The molecular formula is C23H20Cl2N2O3S. The average molecular weight is 475 g/mol. The van der Waals surface area contributed by atoms with Gasteiger partial charge in [-0.2, -0.15) is 0 Å². The number of anilines is 2. The zero-order valence-electron chi connectivity index (χ0n) is 16.8. The third-order valence-electron chi connectivity index (χ3n) is 4.57. The molecular weight excluding hydrogens is 455 g/mol. The van der Waals surface area contributed by atoms with Gasteiger partial charge in [0.25, 0.3) is 10.0 Å². The lowest BCUT2D eigenvalue weighted by Gasteiger charge is -2.10. The highest BCUT2D eigenvalue weighted by Gasteiger charge is 2.14. The van der Waals surface area contributed by atoms with Crippen LogP contribution in [-0.4, -0.2) is 14.3 Å². The van der Waals surface area contributed by atoms with E-state index in [1.807, 2.05) is 19.9 Å². The highest BCUT2D eigenvalue weighted by molar-refractivity contribution is 7.92. The van der Waals surface area contributed by atoms with Gasteiger partial charge in [0.1, 0.15) is 0 Å². The second-order valence-electron chi connectivity index (χ2n) is 6.92. The summed E-state index contributed by atoms with van der Waals surface area (Å²) in [6, 6.07) is 16.2. The first-order valence-electron chi connectivity index (χ1n) is 9.28. The summed E-state index contributed by atoms with van der Waals surface area (Å²) in [7, 11) is -3.74. The molecule has 3 aromatic rings. The number of rotatable bonds is 6. The Morgan fingerprint density at radius 3 is 2.19 bits per heavy atom. The maximum atomic E-state index is 12.6. The number of sulfonamides is 1. The molecule has 8 heteroatoms. The Morgan fingerprint density at radius 1 is 0.871 bits per heavy atom. The van der Waals surface area contributed by atoms with E-state index >= 15 is 0 Å². The molecule has 0 fully saturated rings. The summed E-state index contributed by atoms with van der Waals surface area (Å²) in [6.45, 7) is 3.87. The number of hydrogen-bond acceptors (Lipinski definition) is 3. The summed E-state index contributed by atoms with van der Waals surface area (Å²) >= 11 is 11.9. The standard InChI is InChI=1S/C23H20Cl2N2O3S/c1-15-3-7-20(13-16(15)2)27-31(29,30)21-10-8-19(9-11-21)26-23(28)12-5-17-4-6-18(24)14-22(17)25/h3-14,27H,1-2H3,(H,26,28)/b12-5+. The van der Waals surface area contributed by atoms with Gasteiger partial charge in [0.05, 0.1) is 4.90 Å². The largest absolute Gasteiger partial charge is 0.323 e. The monoisotopic (exact) mass is 474 g/mol. The maximum Gasteiger partial charge on any atom is 0.261 e. The van der Waals surface area contributed by atoms with Crippen LogP contribution in [0.25, 0.3) is 6.08 Å². The molecule has 0 atom stereocenters. The van der Waals surface area contributed by atoms with Crippen LogP contribution in [0.1, 0.15) is 16.7 Å². The first kappa shape index (κ1) is 22.9. The Bertz CT molecular complexity index is 1250. The molecule has 0 aliphatic rings. The zero-order chi connectivity index (χ0) is 22.6. The quantitative estimate of drug-likeness (QED) is 0.426. The van der Waals surface area contributed by atoms with Crippen molar-refractivity contribution in [3.05, 3.63) is 93.5 Å². The van der Waals surface area contributed by atoms with Crippen molar-refractivity contribution >= 4 is 56.6 Å². The molecule has 2 N–H and O–H groups in total. The fourth-order valence-corrected chi connectivity index (χ4v) is 4.24. The predicted octanol–water partition coefficient (Wildman–Crippen LogP) is 6.06. The van der Waals surface area contributed by atoms with Gasteiger partial charge in [-0.05, 0) is 85.1 Å². The van der Waals surface area contributed by atoms with Gasteiger partial charge in [-0.1, -0.05) is 35.3 Å². The molecule has 3 aromatic carbocycles. The second kappa shape index (κ2) is 9.56. The third-order valence-corrected chi connectivity index (χ3v) is 6.53. The Balaban J connectivity index is 1.66. The lowest BCUT2D eigenvalue weighted by Crippen LogP contribution is -2.13. The SMILES string of the molecule is Cc1ccc(NS(=O)(=O)c2ccc(NC(=O)/C=C/c3ccc(Cl)cc3Cl)cc2)cc1C. The summed E-state index contributed by atoms with van der Waals surface area (Å²) in [6.07, 6.45) is 2.90. The normalized spacial score (nSPS) is 11.5. The summed E-state index contributed by atoms with van der Waals surface area (Å²) in [5.74, 6) is -0.380. The number of amides is 1. The first-order chi connectivity index (χ1) is 14.6. The average Bonchev–Trinajstić information content (AvgIpc) is 2.70. The number of aryl methyl sites for hydroxylation is 2. The molecule has 160 valence electrons. The van der Waals surface area contributed by atoms with E-state index < -0.39 is 10.0 Å². The van der Waals surface area contributed by atoms with Crippen LogP contribution in [0.2, 0.25) is 10.0 Å². The van der Waals surface area contributed by atoms with Crippen molar-refractivity contribution in [1.29, 1.82) is 0 Å². The van der Waals surface area contributed by atoms with Crippen LogP contribution < -0.4 is 10.0 Å². The van der Waals surface area contributed by atoms with Crippen LogP contribution in [0, 0.1) is 13.8 Å². The molecule has 0 spiro atoms. The molecule has 0 aliphatic carbocycles. The summed E-state index contributed by atoms with van der Waals surface area (Å²) < 4.78 is 27.8. The van der Waals surface area contributed by atoms with Gasteiger partial charge in [-0.25, -0.2) is 8.42 Å². The van der Waals surface area contributed by atoms with E-state index in [1.165, 1.54) is 30.3 Å².